The lowest BCUT2D eigenvalue weighted by atomic mass is 9.86. The maximum atomic E-state index is 12.2. The first-order chi connectivity index (χ1) is 10.9. The second kappa shape index (κ2) is 7.99. The highest BCUT2D eigenvalue weighted by Gasteiger charge is 2.36. The lowest BCUT2D eigenvalue weighted by molar-refractivity contribution is -0.140. The van der Waals surface area contributed by atoms with Crippen LogP contribution in [0.4, 0.5) is 0 Å². The Morgan fingerprint density at radius 1 is 1.26 bits per heavy atom. The van der Waals surface area contributed by atoms with Gasteiger partial charge in [0.1, 0.15) is 0 Å². The van der Waals surface area contributed by atoms with E-state index in [0.29, 0.717) is 42.5 Å². The van der Waals surface area contributed by atoms with Gasteiger partial charge in [-0.05, 0) is 37.0 Å². The second-order valence-electron chi connectivity index (χ2n) is 5.75. The van der Waals surface area contributed by atoms with Gasteiger partial charge in [-0.25, -0.2) is 0 Å². The Balaban J connectivity index is 1.95. The molecule has 1 heterocycles. The smallest absolute Gasteiger partial charge is 0.305 e. The van der Waals surface area contributed by atoms with Gasteiger partial charge in [0.05, 0.1) is 12.0 Å². The molecule has 7 heteroatoms. The average Bonchev–Trinajstić information content (AvgIpc) is 2.46. The number of carbonyl (C=O) groups excluding carboxylic acids is 1. The molecule has 1 saturated heterocycles. The Morgan fingerprint density at radius 2 is 1.96 bits per heavy atom. The van der Waals surface area contributed by atoms with Crippen molar-refractivity contribution < 1.29 is 19.4 Å². The molecule has 2 rings (SSSR count). The van der Waals surface area contributed by atoms with E-state index in [1.54, 1.807) is 18.2 Å². The van der Waals surface area contributed by atoms with Crippen molar-refractivity contribution in [3.63, 3.8) is 0 Å². The normalized spacial score (nSPS) is 16.8. The van der Waals surface area contributed by atoms with Gasteiger partial charge in [0.15, 0.2) is 0 Å². The number of carbonyl (C=O) groups is 2. The van der Waals surface area contributed by atoms with Crippen LogP contribution in [0, 0.1) is 0 Å². The quantitative estimate of drug-likeness (QED) is 0.818. The first-order valence-electron chi connectivity index (χ1n) is 7.45. The lowest BCUT2D eigenvalue weighted by Crippen LogP contribution is -2.53. The number of ether oxygens (including phenoxy) is 1. The Morgan fingerprint density at radius 3 is 2.57 bits per heavy atom. The number of hydrogen-bond donors (Lipinski definition) is 2. The van der Waals surface area contributed by atoms with E-state index < -0.39 is 11.5 Å². The number of rotatable bonds is 6. The van der Waals surface area contributed by atoms with Crippen molar-refractivity contribution in [3.05, 3.63) is 33.8 Å². The number of carboxylic acids is 1. The van der Waals surface area contributed by atoms with Gasteiger partial charge < -0.3 is 15.2 Å². The van der Waals surface area contributed by atoms with Crippen LogP contribution >= 0.6 is 23.2 Å². The summed E-state index contributed by atoms with van der Waals surface area (Å²) in [7, 11) is 0. The minimum Gasteiger partial charge on any atom is -0.481 e. The van der Waals surface area contributed by atoms with E-state index in [-0.39, 0.29) is 18.7 Å². The summed E-state index contributed by atoms with van der Waals surface area (Å²) in [5.41, 5.74) is 0.121. The molecular weight excluding hydrogens is 341 g/mol. The number of carboxylic acid groups (broad SMARTS) is 1. The van der Waals surface area contributed by atoms with Crippen LogP contribution in [0.2, 0.25) is 10.0 Å². The summed E-state index contributed by atoms with van der Waals surface area (Å²) in [6.07, 6.45) is 1.63. The zero-order valence-electron chi connectivity index (χ0n) is 12.6. The highest BCUT2D eigenvalue weighted by molar-refractivity contribution is 6.35. The van der Waals surface area contributed by atoms with Crippen LogP contribution in [-0.2, 0) is 20.7 Å². The molecule has 1 aromatic rings. The maximum Gasteiger partial charge on any atom is 0.305 e. The Hall–Kier alpha value is -1.30. The summed E-state index contributed by atoms with van der Waals surface area (Å²) < 4.78 is 5.27. The predicted octanol–water partition coefficient (Wildman–Crippen LogP) is 3.07. The predicted molar refractivity (Wildman–Crippen MR) is 88.0 cm³/mol. The molecule has 1 aliphatic heterocycles. The molecule has 0 radical (unpaired) electrons. The third kappa shape index (κ3) is 5.37. The van der Waals surface area contributed by atoms with Gasteiger partial charge in [0.25, 0.3) is 0 Å². The summed E-state index contributed by atoms with van der Waals surface area (Å²) in [5, 5.41) is 13.1. The summed E-state index contributed by atoms with van der Waals surface area (Å²) in [6.45, 7) is 0.910. The van der Waals surface area contributed by atoms with Gasteiger partial charge in [-0.2, -0.15) is 0 Å². The number of aliphatic carboxylic acids is 1. The Kier molecular flexibility index (Phi) is 6.27. The molecule has 0 aliphatic carbocycles. The van der Waals surface area contributed by atoms with Crippen LogP contribution in [0.1, 0.15) is 31.2 Å². The molecule has 2 N–H and O–H groups in total. The highest BCUT2D eigenvalue weighted by atomic mass is 35.5. The molecule has 126 valence electrons. The summed E-state index contributed by atoms with van der Waals surface area (Å²) in [6, 6.07) is 5.16. The second-order valence-corrected chi connectivity index (χ2v) is 6.59. The van der Waals surface area contributed by atoms with Crippen LogP contribution in [-0.4, -0.2) is 35.7 Å². The average molecular weight is 360 g/mol. The molecule has 0 bridgehead atoms. The topological polar surface area (TPSA) is 75.6 Å². The SMILES string of the molecule is O=C(O)CC1(NC(=O)CCc2ccc(Cl)cc2Cl)CCOCC1. The molecular formula is C16H19Cl2NO4. The molecule has 1 aromatic carbocycles. The minimum atomic E-state index is -0.923. The molecule has 1 aliphatic rings. The number of benzene rings is 1. The van der Waals surface area contributed by atoms with Crippen molar-refractivity contribution in [3.8, 4) is 0 Å². The van der Waals surface area contributed by atoms with Gasteiger partial charge in [-0.3, -0.25) is 9.59 Å². The molecule has 0 atom stereocenters. The number of hydrogen-bond acceptors (Lipinski definition) is 3. The zero-order valence-corrected chi connectivity index (χ0v) is 14.1. The van der Waals surface area contributed by atoms with Crippen LogP contribution in [0.3, 0.4) is 0 Å². The third-order valence-electron chi connectivity index (χ3n) is 3.98. The van der Waals surface area contributed by atoms with Crippen LogP contribution < -0.4 is 5.32 Å². The van der Waals surface area contributed by atoms with Crippen molar-refractivity contribution in [1.82, 2.24) is 5.32 Å². The van der Waals surface area contributed by atoms with Crippen LogP contribution in [0.25, 0.3) is 0 Å². The number of aryl methyl sites for hydroxylation is 1. The van der Waals surface area contributed by atoms with Gasteiger partial charge in [-0.1, -0.05) is 29.3 Å². The van der Waals surface area contributed by atoms with Gasteiger partial charge in [0.2, 0.25) is 5.91 Å². The fourth-order valence-corrected chi connectivity index (χ4v) is 3.23. The van der Waals surface area contributed by atoms with Crippen molar-refractivity contribution in [2.45, 2.75) is 37.6 Å². The highest BCUT2D eigenvalue weighted by Crippen LogP contribution is 2.26. The van der Waals surface area contributed by atoms with Crippen molar-refractivity contribution >= 4 is 35.1 Å². The van der Waals surface area contributed by atoms with Crippen molar-refractivity contribution in [2.24, 2.45) is 0 Å². The summed E-state index contributed by atoms with van der Waals surface area (Å²) >= 11 is 11.9. The lowest BCUT2D eigenvalue weighted by Gasteiger charge is -2.36. The Bertz CT molecular complexity index is 585. The van der Waals surface area contributed by atoms with Crippen molar-refractivity contribution in [1.29, 1.82) is 0 Å². The first-order valence-corrected chi connectivity index (χ1v) is 8.20. The molecule has 1 fully saturated rings. The first kappa shape index (κ1) is 18.0. The summed E-state index contributed by atoms with van der Waals surface area (Å²) in [4.78, 5) is 23.3. The standard InChI is InChI=1S/C16H19Cl2NO4/c17-12-3-1-11(13(18)9-12)2-4-14(20)19-16(10-15(21)22)5-7-23-8-6-16/h1,3,9H,2,4-8,10H2,(H,19,20)(H,21,22). The molecule has 0 spiro atoms. The number of amides is 1. The van der Waals surface area contributed by atoms with E-state index in [0.717, 1.165) is 5.56 Å². The van der Waals surface area contributed by atoms with Crippen molar-refractivity contribution in [2.75, 3.05) is 13.2 Å². The fourth-order valence-electron chi connectivity index (χ4n) is 2.73. The molecule has 23 heavy (non-hydrogen) atoms. The van der Waals surface area contributed by atoms with E-state index in [1.807, 2.05) is 0 Å². The van der Waals surface area contributed by atoms with E-state index in [4.69, 9.17) is 33.0 Å². The maximum absolute atomic E-state index is 12.2. The van der Waals surface area contributed by atoms with E-state index in [1.165, 1.54) is 0 Å². The molecule has 0 aromatic heterocycles. The number of halogens is 2. The molecule has 1 amide bonds. The van der Waals surface area contributed by atoms with E-state index in [9.17, 15) is 9.59 Å². The molecule has 0 unspecified atom stereocenters. The minimum absolute atomic E-state index is 0.0935. The largest absolute Gasteiger partial charge is 0.481 e. The van der Waals surface area contributed by atoms with E-state index in [2.05, 4.69) is 5.32 Å². The number of nitrogens with one attached hydrogen (secondary N) is 1. The zero-order chi connectivity index (χ0) is 16.9. The summed E-state index contributed by atoms with van der Waals surface area (Å²) in [5.74, 6) is -1.10. The van der Waals surface area contributed by atoms with E-state index >= 15 is 0 Å². The molecule has 0 saturated carbocycles. The van der Waals surface area contributed by atoms with Gasteiger partial charge in [0, 0.05) is 29.7 Å². The third-order valence-corrected chi connectivity index (χ3v) is 4.57. The van der Waals surface area contributed by atoms with Gasteiger partial charge >= 0.3 is 5.97 Å². The monoisotopic (exact) mass is 359 g/mol. The van der Waals surface area contributed by atoms with Crippen LogP contribution in [0.5, 0.6) is 0 Å². The Labute approximate surface area is 144 Å². The van der Waals surface area contributed by atoms with Gasteiger partial charge in [-0.15, -0.1) is 0 Å². The fraction of sp³-hybridized carbons (Fsp3) is 0.500. The van der Waals surface area contributed by atoms with Crippen LogP contribution in [0.15, 0.2) is 18.2 Å². The molecule has 5 nitrogen and oxygen atoms in total.